The third-order valence-electron chi connectivity index (χ3n) is 8.62. The number of fused-ring (bicyclic) bond motifs is 12. The van der Waals surface area contributed by atoms with E-state index in [1.54, 1.807) is 0 Å². The van der Waals surface area contributed by atoms with E-state index < -0.39 is 0 Å². The van der Waals surface area contributed by atoms with Gasteiger partial charge in [-0.2, -0.15) is 0 Å². The second-order valence-electron chi connectivity index (χ2n) is 11.0. The summed E-state index contributed by atoms with van der Waals surface area (Å²) >= 11 is 0. The van der Waals surface area contributed by atoms with E-state index in [1.165, 1.54) is 0 Å². The average Bonchev–Trinajstić information content (AvgIpc) is 3.74. The Morgan fingerprint density at radius 3 is 2.02 bits per heavy atom. The van der Waals surface area contributed by atoms with Gasteiger partial charge in [-0.15, -0.1) is 0 Å². The fraction of sp³-hybridized carbons (Fsp3) is 0. The van der Waals surface area contributed by atoms with Crippen LogP contribution in [0.1, 0.15) is 0 Å². The molecule has 0 spiro atoms. The van der Waals surface area contributed by atoms with Crippen molar-refractivity contribution in [3.8, 4) is 17.2 Å². The molecule has 5 heteroatoms. The molecular weight excluding hydrogens is 530 g/mol. The lowest BCUT2D eigenvalue weighted by Gasteiger charge is -2.12. The van der Waals surface area contributed by atoms with Gasteiger partial charge in [0.1, 0.15) is 22.3 Å². The molecule has 5 nitrogen and oxygen atoms in total. The van der Waals surface area contributed by atoms with E-state index in [4.69, 9.17) is 18.8 Å². The number of aromatic nitrogens is 3. The van der Waals surface area contributed by atoms with Crippen molar-refractivity contribution in [2.45, 2.75) is 0 Å². The molecule has 0 saturated heterocycles. The van der Waals surface area contributed by atoms with Crippen LogP contribution in [0.25, 0.3) is 93.8 Å². The van der Waals surface area contributed by atoms with Crippen LogP contribution in [0.15, 0.2) is 136 Å². The molecule has 0 fully saturated rings. The molecule has 0 unspecified atom stereocenters. The number of furan rings is 2. The number of rotatable bonds is 2. The van der Waals surface area contributed by atoms with E-state index in [0.717, 1.165) is 87.8 Å². The Labute approximate surface area is 244 Å². The van der Waals surface area contributed by atoms with E-state index in [9.17, 15) is 0 Å². The number of nitrogens with zero attached hydrogens (tertiary/aromatic N) is 3. The van der Waals surface area contributed by atoms with E-state index in [0.29, 0.717) is 5.95 Å². The topological polar surface area (TPSA) is 57.0 Å². The third-order valence-corrected chi connectivity index (χ3v) is 8.62. The van der Waals surface area contributed by atoms with Crippen LogP contribution in [0, 0.1) is 0 Å². The van der Waals surface area contributed by atoms with E-state index in [1.807, 2.05) is 48.5 Å². The smallest absolute Gasteiger partial charge is 0.235 e. The van der Waals surface area contributed by atoms with Gasteiger partial charge < -0.3 is 8.83 Å². The van der Waals surface area contributed by atoms with E-state index >= 15 is 0 Å². The van der Waals surface area contributed by atoms with Crippen LogP contribution >= 0.6 is 0 Å². The molecule has 0 bridgehead atoms. The summed E-state index contributed by atoms with van der Waals surface area (Å²) in [6.07, 6.45) is 0. The van der Waals surface area contributed by atoms with Crippen LogP contribution in [0.4, 0.5) is 0 Å². The van der Waals surface area contributed by atoms with Crippen LogP contribution in [0.2, 0.25) is 0 Å². The van der Waals surface area contributed by atoms with Crippen LogP contribution in [-0.2, 0) is 0 Å². The second-order valence-corrected chi connectivity index (χ2v) is 11.0. The maximum atomic E-state index is 6.57. The Morgan fingerprint density at radius 2 is 1.16 bits per heavy atom. The Kier molecular flexibility index (Phi) is 4.39. The predicted molar refractivity (Wildman–Crippen MR) is 174 cm³/mol. The number of hydrogen-bond donors (Lipinski definition) is 0. The first-order valence-corrected chi connectivity index (χ1v) is 14.3. The minimum absolute atomic E-state index is 0.595. The Bertz CT molecular complexity index is 2730. The normalized spacial score (nSPS) is 12.2. The average molecular weight is 552 g/mol. The zero-order valence-corrected chi connectivity index (χ0v) is 22.8. The Hall–Kier alpha value is -5.94. The molecule has 0 saturated carbocycles. The van der Waals surface area contributed by atoms with Gasteiger partial charge in [0.2, 0.25) is 5.95 Å². The Balaban J connectivity index is 1.40. The van der Waals surface area contributed by atoms with Crippen molar-refractivity contribution in [2.75, 3.05) is 0 Å². The summed E-state index contributed by atoms with van der Waals surface area (Å²) in [7, 11) is 0. The molecule has 10 aromatic rings. The zero-order chi connectivity index (χ0) is 28.1. The van der Waals surface area contributed by atoms with Crippen molar-refractivity contribution in [2.24, 2.45) is 0 Å². The van der Waals surface area contributed by atoms with Crippen molar-refractivity contribution < 1.29 is 8.83 Å². The molecule has 0 atom stereocenters. The minimum atomic E-state index is 0.595. The molecule has 4 aromatic heterocycles. The quantitative estimate of drug-likeness (QED) is 0.214. The van der Waals surface area contributed by atoms with Gasteiger partial charge in [-0.25, -0.2) is 9.97 Å². The fourth-order valence-corrected chi connectivity index (χ4v) is 6.77. The third kappa shape index (κ3) is 3.05. The molecule has 0 aliphatic rings. The summed E-state index contributed by atoms with van der Waals surface area (Å²) in [6.45, 7) is 0. The first-order chi connectivity index (χ1) is 21.3. The molecule has 4 heterocycles. The highest BCUT2D eigenvalue weighted by molar-refractivity contribution is 6.23. The molecule has 200 valence electrons. The van der Waals surface area contributed by atoms with Crippen molar-refractivity contribution >= 4 is 76.6 Å². The zero-order valence-electron chi connectivity index (χ0n) is 22.8. The SMILES string of the molecule is c1ccc(-c2nc(-n3c4ccccc4c4ccc5c6ccccc6oc5c43)nc3ccc4oc5ccccc5c4c23)cc1. The highest BCUT2D eigenvalue weighted by atomic mass is 16.3. The van der Waals surface area contributed by atoms with Gasteiger partial charge in [0, 0.05) is 43.3 Å². The van der Waals surface area contributed by atoms with E-state index in [-0.39, 0.29) is 0 Å². The van der Waals surface area contributed by atoms with Gasteiger partial charge in [0.25, 0.3) is 0 Å². The van der Waals surface area contributed by atoms with Gasteiger partial charge in [-0.3, -0.25) is 4.57 Å². The summed E-state index contributed by atoms with van der Waals surface area (Å²) in [5, 5.41) is 7.45. The molecule has 0 N–H and O–H groups in total. The summed E-state index contributed by atoms with van der Waals surface area (Å²) < 4.78 is 15.0. The van der Waals surface area contributed by atoms with Crippen molar-refractivity contribution in [3.05, 3.63) is 127 Å². The lowest BCUT2D eigenvalue weighted by atomic mass is 10.0. The van der Waals surface area contributed by atoms with Crippen LogP contribution < -0.4 is 0 Å². The monoisotopic (exact) mass is 551 g/mol. The van der Waals surface area contributed by atoms with Crippen LogP contribution in [0.5, 0.6) is 0 Å². The molecule has 0 aliphatic carbocycles. The van der Waals surface area contributed by atoms with Crippen LogP contribution in [0.3, 0.4) is 0 Å². The van der Waals surface area contributed by atoms with Crippen molar-refractivity contribution in [1.82, 2.24) is 14.5 Å². The van der Waals surface area contributed by atoms with Gasteiger partial charge in [0.05, 0.1) is 16.7 Å². The highest BCUT2D eigenvalue weighted by Gasteiger charge is 2.23. The summed E-state index contributed by atoms with van der Waals surface area (Å²) in [6, 6.07) is 43.6. The first kappa shape index (κ1) is 22.7. The molecule has 10 rings (SSSR count). The van der Waals surface area contributed by atoms with Gasteiger partial charge in [0.15, 0.2) is 5.58 Å². The van der Waals surface area contributed by atoms with Gasteiger partial charge in [-0.05, 0) is 36.4 Å². The maximum absolute atomic E-state index is 6.57. The molecule has 6 aromatic carbocycles. The number of para-hydroxylation sites is 3. The van der Waals surface area contributed by atoms with Crippen LogP contribution in [-0.4, -0.2) is 14.5 Å². The van der Waals surface area contributed by atoms with E-state index in [2.05, 4.69) is 83.4 Å². The highest BCUT2D eigenvalue weighted by Crippen LogP contribution is 2.42. The molecule has 43 heavy (non-hydrogen) atoms. The maximum Gasteiger partial charge on any atom is 0.235 e. The molecule has 0 radical (unpaired) electrons. The second kappa shape index (κ2) is 8.30. The summed E-state index contributed by atoms with van der Waals surface area (Å²) in [4.78, 5) is 10.6. The largest absolute Gasteiger partial charge is 0.456 e. The molecular formula is C38H21N3O2. The summed E-state index contributed by atoms with van der Waals surface area (Å²) in [5.41, 5.74) is 8.08. The van der Waals surface area contributed by atoms with Gasteiger partial charge in [-0.1, -0.05) is 91.0 Å². The first-order valence-electron chi connectivity index (χ1n) is 14.3. The van der Waals surface area contributed by atoms with Gasteiger partial charge >= 0.3 is 0 Å². The molecule has 0 amide bonds. The lowest BCUT2D eigenvalue weighted by Crippen LogP contribution is -2.03. The number of benzene rings is 6. The molecule has 0 aliphatic heterocycles. The predicted octanol–water partition coefficient (Wildman–Crippen LogP) is 10.2. The fourth-order valence-electron chi connectivity index (χ4n) is 6.77. The minimum Gasteiger partial charge on any atom is -0.456 e. The lowest BCUT2D eigenvalue weighted by molar-refractivity contribution is 0.669. The Morgan fingerprint density at radius 1 is 0.465 bits per heavy atom. The number of hydrogen-bond acceptors (Lipinski definition) is 4. The standard InChI is InChI=1S/C38H21N3O2/c1-2-10-22(11-3-1)35-34-28(20-21-32-33(34)27-14-6-9-17-31(27)42-32)39-38(40-35)41-29-15-7-4-12-23(29)25-18-19-26-24-13-5-8-16-30(24)43-37(26)36(25)41/h1-21H. The van der Waals surface area contributed by atoms with Crippen molar-refractivity contribution in [3.63, 3.8) is 0 Å². The van der Waals surface area contributed by atoms with Crippen molar-refractivity contribution in [1.29, 1.82) is 0 Å². The summed E-state index contributed by atoms with van der Waals surface area (Å²) in [5.74, 6) is 0.595.